The minimum absolute atomic E-state index is 0.0258. The van der Waals surface area contributed by atoms with Crippen molar-refractivity contribution in [1.29, 1.82) is 0 Å². The van der Waals surface area contributed by atoms with Crippen molar-refractivity contribution in [2.75, 3.05) is 18.4 Å². The van der Waals surface area contributed by atoms with E-state index >= 15 is 0 Å². The van der Waals surface area contributed by atoms with Gasteiger partial charge >= 0.3 is 0 Å². The fourth-order valence-corrected chi connectivity index (χ4v) is 4.59. The zero-order valence-electron chi connectivity index (χ0n) is 23.4. The molecule has 0 aliphatic heterocycles. The monoisotopic (exact) mass is 563 g/mol. The van der Waals surface area contributed by atoms with Crippen molar-refractivity contribution in [3.8, 4) is 34.8 Å². The zero-order chi connectivity index (χ0) is 28.9. The van der Waals surface area contributed by atoms with Crippen molar-refractivity contribution in [2.24, 2.45) is 5.92 Å². The van der Waals surface area contributed by atoms with E-state index < -0.39 is 10.0 Å². The summed E-state index contributed by atoms with van der Waals surface area (Å²) in [5, 5.41) is 0. The van der Waals surface area contributed by atoms with Crippen molar-refractivity contribution in [3.63, 3.8) is 0 Å². The van der Waals surface area contributed by atoms with Gasteiger partial charge in [-0.25, -0.2) is 23.4 Å². The summed E-state index contributed by atoms with van der Waals surface area (Å²) in [6.07, 6.45) is 3.08. The molecule has 0 aliphatic rings. The molecular formula is C29H33N5O5S. The fourth-order valence-electron chi connectivity index (χ4n) is 3.58. The molecule has 0 saturated heterocycles. The van der Waals surface area contributed by atoms with Crippen molar-refractivity contribution in [3.05, 3.63) is 72.6 Å². The number of sulfonamides is 1. The third kappa shape index (κ3) is 6.84. The third-order valence-electron chi connectivity index (χ3n) is 5.70. The van der Waals surface area contributed by atoms with E-state index in [4.69, 9.17) is 14.2 Å². The predicted octanol–water partition coefficient (Wildman–Crippen LogP) is 5.87. The lowest BCUT2D eigenvalue weighted by Gasteiger charge is -2.20. The number of nitrogens with one attached hydrogen (secondary N) is 1. The molecule has 10 nitrogen and oxygen atoms in total. The van der Waals surface area contributed by atoms with E-state index in [0.29, 0.717) is 11.5 Å². The van der Waals surface area contributed by atoms with Crippen molar-refractivity contribution >= 4 is 15.8 Å². The van der Waals surface area contributed by atoms with Gasteiger partial charge in [-0.2, -0.15) is 4.98 Å². The second kappa shape index (κ2) is 11.9. The lowest BCUT2D eigenvalue weighted by molar-refractivity contribution is 0.250. The molecule has 2 aromatic carbocycles. The molecular weight excluding hydrogens is 530 g/mol. The molecule has 2 heterocycles. The highest BCUT2D eigenvalue weighted by Gasteiger charge is 2.26. The first-order chi connectivity index (χ1) is 19.0. The Kier molecular flexibility index (Phi) is 8.53. The van der Waals surface area contributed by atoms with Crippen molar-refractivity contribution in [1.82, 2.24) is 19.9 Å². The minimum Gasteiger partial charge on any atom is -0.493 e. The van der Waals surface area contributed by atoms with Crippen LogP contribution >= 0.6 is 0 Å². The molecule has 0 fully saturated rings. The van der Waals surface area contributed by atoms with Crippen LogP contribution in [0.25, 0.3) is 11.6 Å². The Morgan fingerprint density at radius 3 is 2.12 bits per heavy atom. The number of nitrogens with zero attached hydrogens (tertiary/aromatic N) is 4. The number of anilines is 1. The molecule has 0 aliphatic carbocycles. The summed E-state index contributed by atoms with van der Waals surface area (Å²) in [7, 11) is -2.59. The van der Waals surface area contributed by atoms with Crippen LogP contribution in [-0.4, -0.2) is 42.1 Å². The van der Waals surface area contributed by atoms with Crippen molar-refractivity contribution < 1.29 is 22.6 Å². The van der Waals surface area contributed by atoms with Crippen LogP contribution in [0.3, 0.4) is 0 Å². The molecule has 210 valence electrons. The van der Waals surface area contributed by atoms with E-state index in [0.717, 1.165) is 5.56 Å². The largest absolute Gasteiger partial charge is 0.493 e. The predicted molar refractivity (Wildman–Crippen MR) is 152 cm³/mol. The smallest absolute Gasteiger partial charge is 0.263 e. The summed E-state index contributed by atoms with van der Waals surface area (Å²) >= 11 is 0. The van der Waals surface area contributed by atoms with Gasteiger partial charge in [0.2, 0.25) is 11.6 Å². The number of hydrogen-bond donors (Lipinski definition) is 1. The molecule has 4 rings (SSSR count). The second-order valence-corrected chi connectivity index (χ2v) is 12.1. The van der Waals surface area contributed by atoms with Crippen LogP contribution in [-0.2, 0) is 15.4 Å². The Balaban J connectivity index is 1.86. The summed E-state index contributed by atoms with van der Waals surface area (Å²) in [5.74, 6) is 1.01. The van der Waals surface area contributed by atoms with E-state index in [2.05, 4.69) is 45.4 Å². The second-order valence-electron chi connectivity index (χ2n) is 10.4. The Bertz CT molecular complexity index is 1550. The Morgan fingerprint density at radius 1 is 0.875 bits per heavy atom. The van der Waals surface area contributed by atoms with Gasteiger partial charge in [0, 0.05) is 12.4 Å². The third-order valence-corrected chi connectivity index (χ3v) is 7.05. The molecule has 0 radical (unpaired) electrons. The van der Waals surface area contributed by atoms with Crippen LogP contribution in [0.4, 0.5) is 5.82 Å². The molecule has 1 N–H and O–H groups in total. The van der Waals surface area contributed by atoms with Crippen LogP contribution in [0.5, 0.6) is 23.1 Å². The Hall–Kier alpha value is -4.25. The highest BCUT2D eigenvalue weighted by Crippen LogP contribution is 2.41. The van der Waals surface area contributed by atoms with E-state index in [9.17, 15) is 8.42 Å². The minimum atomic E-state index is -4.10. The molecule has 0 saturated carbocycles. The van der Waals surface area contributed by atoms with Crippen LogP contribution in [0.2, 0.25) is 0 Å². The van der Waals surface area contributed by atoms with Gasteiger partial charge in [0.1, 0.15) is 0 Å². The van der Waals surface area contributed by atoms with Gasteiger partial charge in [-0.15, -0.1) is 0 Å². The number of methoxy groups -OCH3 is 1. The summed E-state index contributed by atoms with van der Waals surface area (Å²) in [6.45, 7) is 10.4. The van der Waals surface area contributed by atoms with Gasteiger partial charge in [0.15, 0.2) is 23.1 Å². The number of para-hydroxylation sites is 2. The normalized spacial score (nSPS) is 11.8. The quantitative estimate of drug-likeness (QED) is 0.252. The fraction of sp³-hybridized carbons (Fsp3) is 0.310. The molecule has 0 bridgehead atoms. The van der Waals surface area contributed by atoms with E-state index in [1.807, 2.05) is 13.8 Å². The zero-order valence-corrected chi connectivity index (χ0v) is 24.2. The highest BCUT2D eigenvalue weighted by molar-refractivity contribution is 7.92. The highest BCUT2D eigenvalue weighted by atomic mass is 32.2. The van der Waals surface area contributed by atoms with Gasteiger partial charge in [0.05, 0.1) is 18.6 Å². The molecule has 4 aromatic rings. The number of rotatable bonds is 10. The number of ether oxygens (including phenoxy) is 3. The number of benzene rings is 2. The molecule has 40 heavy (non-hydrogen) atoms. The van der Waals surface area contributed by atoms with E-state index in [-0.39, 0.29) is 51.9 Å². The van der Waals surface area contributed by atoms with Crippen LogP contribution in [0.1, 0.15) is 40.2 Å². The number of hydrogen-bond acceptors (Lipinski definition) is 9. The summed E-state index contributed by atoms with van der Waals surface area (Å²) in [6, 6.07) is 15.3. The maximum absolute atomic E-state index is 13.6. The Morgan fingerprint density at radius 2 is 1.52 bits per heavy atom. The van der Waals surface area contributed by atoms with E-state index in [1.165, 1.54) is 7.11 Å². The van der Waals surface area contributed by atoms with Gasteiger partial charge in [-0.05, 0) is 47.2 Å². The maximum atomic E-state index is 13.6. The average Bonchev–Trinajstić information content (AvgIpc) is 2.93. The van der Waals surface area contributed by atoms with Crippen molar-refractivity contribution in [2.45, 2.75) is 44.9 Å². The lowest BCUT2D eigenvalue weighted by atomic mass is 9.87. The van der Waals surface area contributed by atoms with Gasteiger partial charge in [0.25, 0.3) is 15.9 Å². The average molecular weight is 564 g/mol. The molecule has 11 heteroatoms. The molecule has 0 atom stereocenters. The van der Waals surface area contributed by atoms with Gasteiger partial charge < -0.3 is 14.2 Å². The summed E-state index contributed by atoms with van der Waals surface area (Å²) in [4.78, 5) is 17.5. The number of aromatic nitrogens is 4. The van der Waals surface area contributed by atoms with Crippen LogP contribution in [0, 0.1) is 5.92 Å². The van der Waals surface area contributed by atoms with Gasteiger partial charge in [-0.1, -0.05) is 58.9 Å². The topological polar surface area (TPSA) is 125 Å². The molecule has 0 unspecified atom stereocenters. The Labute approximate surface area is 234 Å². The summed E-state index contributed by atoms with van der Waals surface area (Å²) in [5.41, 5.74) is 0.868. The van der Waals surface area contributed by atoms with Crippen LogP contribution < -0.4 is 18.9 Å². The first-order valence-electron chi connectivity index (χ1n) is 12.7. The SMILES string of the molecule is COc1ccccc1Oc1c(NS(=O)(=O)c2ccc(C(C)(C)C)cc2)nc(-c2ncccn2)nc1OCC(C)C. The first kappa shape index (κ1) is 28.8. The lowest BCUT2D eigenvalue weighted by Crippen LogP contribution is -2.17. The molecule has 0 spiro atoms. The standard InChI is InChI=1S/C29H33N5O5S/c1-19(2)18-38-28-24(39-23-11-8-7-10-22(23)37-6)25(32-27(33-28)26-30-16-9-17-31-26)34-40(35,36)21-14-12-20(13-15-21)29(3,4)5/h7-17,19H,18H2,1-6H3,(H,32,33,34). The molecule has 2 aromatic heterocycles. The first-order valence-corrected chi connectivity index (χ1v) is 14.2. The van der Waals surface area contributed by atoms with E-state index in [1.54, 1.807) is 67.0 Å². The summed E-state index contributed by atoms with van der Waals surface area (Å²) < 4.78 is 47.4. The molecule has 0 amide bonds. The maximum Gasteiger partial charge on any atom is 0.263 e. The van der Waals surface area contributed by atoms with Crippen LogP contribution in [0.15, 0.2) is 71.9 Å². The van der Waals surface area contributed by atoms with Gasteiger partial charge in [-0.3, -0.25) is 4.72 Å².